The molecule has 18 heavy (non-hydrogen) atoms. The average Bonchev–Trinajstić information content (AvgIpc) is 3.16. The van der Waals surface area contributed by atoms with Crippen LogP contribution < -0.4 is 5.32 Å². The Morgan fingerprint density at radius 3 is 2.83 bits per heavy atom. The van der Waals surface area contributed by atoms with Crippen LogP contribution in [0.25, 0.3) is 0 Å². The van der Waals surface area contributed by atoms with Crippen molar-refractivity contribution in [1.82, 2.24) is 15.2 Å². The molecule has 1 aliphatic heterocycles. The Morgan fingerprint density at radius 1 is 1.44 bits per heavy atom. The molecule has 1 N–H and O–H groups in total. The molecule has 1 aromatic heterocycles. The second-order valence-corrected chi connectivity index (χ2v) is 5.34. The lowest BCUT2D eigenvalue weighted by atomic mass is 9.98. The molecule has 2 fully saturated rings. The van der Waals surface area contributed by atoms with Gasteiger partial charge in [-0.25, -0.2) is 0 Å². The van der Waals surface area contributed by atoms with Crippen molar-refractivity contribution in [3.63, 3.8) is 0 Å². The number of carbonyl (C=O) groups is 1. The summed E-state index contributed by atoms with van der Waals surface area (Å²) in [6.45, 7) is 2.71. The number of aromatic nitrogens is 1. The van der Waals surface area contributed by atoms with Crippen molar-refractivity contribution in [1.29, 1.82) is 0 Å². The van der Waals surface area contributed by atoms with E-state index in [9.17, 15) is 4.79 Å². The zero-order valence-electron chi connectivity index (χ0n) is 10.5. The van der Waals surface area contributed by atoms with Gasteiger partial charge in [-0.3, -0.25) is 9.78 Å². The van der Waals surface area contributed by atoms with Gasteiger partial charge in [0.1, 0.15) is 0 Å². The number of amides is 1. The molecule has 1 amide bonds. The maximum Gasteiger partial charge on any atom is 0.223 e. The Morgan fingerprint density at radius 2 is 2.28 bits per heavy atom. The van der Waals surface area contributed by atoms with Gasteiger partial charge in [0.15, 0.2) is 0 Å². The lowest BCUT2D eigenvalue weighted by molar-refractivity contribution is -0.133. The number of pyridine rings is 1. The number of rotatable bonds is 5. The molecule has 1 saturated carbocycles. The quantitative estimate of drug-likeness (QED) is 0.847. The van der Waals surface area contributed by atoms with Gasteiger partial charge in [-0.2, -0.15) is 0 Å². The van der Waals surface area contributed by atoms with E-state index in [1.807, 2.05) is 18.3 Å². The van der Waals surface area contributed by atoms with Crippen LogP contribution in [0.2, 0.25) is 0 Å². The van der Waals surface area contributed by atoms with Gasteiger partial charge in [-0.1, -0.05) is 6.07 Å². The molecule has 96 valence electrons. The highest BCUT2D eigenvalue weighted by Gasteiger charge is 2.34. The molecule has 1 aliphatic carbocycles. The normalized spacial score (nSPS) is 19.3. The largest absolute Gasteiger partial charge is 0.335 e. The Hall–Kier alpha value is -1.42. The van der Waals surface area contributed by atoms with Crippen LogP contribution in [0.15, 0.2) is 24.5 Å². The van der Waals surface area contributed by atoms with Crippen molar-refractivity contribution in [2.45, 2.75) is 31.8 Å². The topological polar surface area (TPSA) is 45.2 Å². The number of carbonyl (C=O) groups excluding carboxylic acids is 1. The fourth-order valence-electron chi connectivity index (χ4n) is 2.35. The smallest absolute Gasteiger partial charge is 0.223 e. The summed E-state index contributed by atoms with van der Waals surface area (Å²) in [5.74, 6) is 0.862. The first kappa shape index (κ1) is 11.7. The first-order valence-electron chi connectivity index (χ1n) is 6.72. The zero-order chi connectivity index (χ0) is 12.4. The van der Waals surface area contributed by atoms with Gasteiger partial charge < -0.3 is 10.2 Å². The number of hydrogen-bond donors (Lipinski definition) is 1. The SMILES string of the molecule is O=C(CC1CNC1)N(Cc1cccnc1)C1CC1. The van der Waals surface area contributed by atoms with Crippen molar-refractivity contribution in [2.24, 2.45) is 5.92 Å². The summed E-state index contributed by atoms with van der Waals surface area (Å²) in [5, 5.41) is 3.22. The van der Waals surface area contributed by atoms with Crippen LogP contribution in [0.3, 0.4) is 0 Å². The van der Waals surface area contributed by atoms with E-state index >= 15 is 0 Å². The lowest BCUT2D eigenvalue weighted by Crippen LogP contribution is -2.45. The van der Waals surface area contributed by atoms with Gasteiger partial charge in [0.25, 0.3) is 0 Å². The third kappa shape index (κ3) is 2.70. The molecule has 0 unspecified atom stereocenters. The zero-order valence-corrected chi connectivity index (χ0v) is 10.5. The third-order valence-electron chi connectivity index (χ3n) is 3.71. The van der Waals surface area contributed by atoms with Crippen molar-refractivity contribution in [3.05, 3.63) is 30.1 Å². The molecule has 2 aliphatic rings. The summed E-state index contributed by atoms with van der Waals surface area (Å²) < 4.78 is 0. The van der Waals surface area contributed by atoms with Crippen molar-refractivity contribution in [3.8, 4) is 0 Å². The summed E-state index contributed by atoms with van der Waals surface area (Å²) in [7, 11) is 0. The molecule has 0 bridgehead atoms. The third-order valence-corrected chi connectivity index (χ3v) is 3.71. The highest BCUT2D eigenvalue weighted by Crippen LogP contribution is 2.29. The molecule has 1 saturated heterocycles. The molecule has 1 aromatic rings. The van der Waals surface area contributed by atoms with Gasteiger partial charge in [-0.05, 0) is 43.5 Å². The number of nitrogens with one attached hydrogen (secondary N) is 1. The van der Waals surface area contributed by atoms with E-state index in [0.717, 1.165) is 38.0 Å². The summed E-state index contributed by atoms with van der Waals surface area (Å²) in [5.41, 5.74) is 1.13. The molecule has 3 rings (SSSR count). The molecule has 0 atom stereocenters. The molecule has 4 nitrogen and oxygen atoms in total. The van der Waals surface area contributed by atoms with E-state index in [-0.39, 0.29) is 0 Å². The van der Waals surface area contributed by atoms with E-state index < -0.39 is 0 Å². The first-order chi connectivity index (χ1) is 8.83. The minimum absolute atomic E-state index is 0.313. The summed E-state index contributed by atoms with van der Waals surface area (Å²) >= 11 is 0. The molecule has 2 heterocycles. The van der Waals surface area contributed by atoms with E-state index in [4.69, 9.17) is 0 Å². The van der Waals surface area contributed by atoms with Crippen LogP contribution >= 0.6 is 0 Å². The summed E-state index contributed by atoms with van der Waals surface area (Å²) in [4.78, 5) is 18.5. The summed E-state index contributed by atoms with van der Waals surface area (Å²) in [6.07, 6.45) is 6.65. The molecule has 4 heteroatoms. The average molecular weight is 245 g/mol. The fourth-order valence-corrected chi connectivity index (χ4v) is 2.35. The van der Waals surface area contributed by atoms with Gasteiger partial charge in [0.05, 0.1) is 0 Å². The highest BCUT2D eigenvalue weighted by atomic mass is 16.2. The van der Waals surface area contributed by atoms with Crippen LogP contribution in [0.5, 0.6) is 0 Å². The summed E-state index contributed by atoms with van der Waals surface area (Å²) in [6, 6.07) is 4.45. The van der Waals surface area contributed by atoms with Crippen molar-refractivity contribution in [2.75, 3.05) is 13.1 Å². The monoisotopic (exact) mass is 245 g/mol. The lowest BCUT2D eigenvalue weighted by Gasteiger charge is -2.30. The Balaban J connectivity index is 1.62. The Bertz CT molecular complexity index is 412. The van der Waals surface area contributed by atoms with Gasteiger partial charge >= 0.3 is 0 Å². The minimum atomic E-state index is 0.313. The predicted molar refractivity (Wildman–Crippen MR) is 68.8 cm³/mol. The van der Waals surface area contributed by atoms with Crippen molar-refractivity contribution < 1.29 is 4.79 Å². The fraction of sp³-hybridized carbons (Fsp3) is 0.571. The molecule has 0 spiro atoms. The maximum absolute atomic E-state index is 12.3. The highest BCUT2D eigenvalue weighted by molar-refractivity contribution is 5.77. The Kier molecular flexibility index (Phi) is 3.28. The Labute approximate surface area is 107 Å². The van der Waals surface area contributed by atoms with E-state index in [0.29, 0.717) is 24.3 Å². The second-order valence-electron chi connectivity index (χ2n) is 5.34. The van der Waals surface area contributed by atoms with Crippen LogP contribution in [-0.2, 0) is 11.3 Å². The number of hydrogen-bond acceptors (Lipinski definition) is 3. The minimum Gasteiger partial charge on any atom is -0.335 e. The predicted octanol–water partition coefficient (Wildman–Crippen LogP) is 1.18. The van der Waals surface area contributed by atoms with E-state index in [1.54, 1.807) is 6.20 Å². The standard InChI is InChI=1S/C14H19N3O/c18-14(6-12-8-16-9-12)17(13-3-4-13)10-11-2-1-5-15-7-11/h1-2,5,7,12-13,16H,3-4,6,8-10H2. The second kappa shape index (κ2) is 5.06. The molecule has 0 radical (unpaired) electrons. The van der Waals surface area contributed by atoms with Crippen molar-refractivity contribution >= 4 is 5.91 Å². The van der Waals surface area contributed by atoms with Gasteiger partial charge in [0, 0.05) is 31.4 Å². The van der Waals surface area contributed by atoms with E-state index in [2.05, 4.69) is 15.2 Å². The first-order valence-corrected chi connectivity index (χ1v) is 6.72. The molecule has 0 aromatic carbocycles. The van der Waals surface area contributed by atoms with Crippen LogP contribution in [0.1, 0.15) is 24.8 Å². The van der Waals surface area contributed by atoms with E-state index in [1.165, 1.54) is 0 Å². The number of nitrogens with zero attached hydrogens (tertiary/aromatic N) is 2. The van der Waals surface area contributed by atoms with Crippen LogP contribution in [-0.4, -0.2) is 34.9 Å². The van der Waals surface area contributed by atoms with Crippen LogP contribution in [0.4, 0.5) is 0 Å². The van der Waals surface area contributed by atoms with Gasteiger partial charge in [-0.15, -0.1) is 0 Å². The maximum atomic E-state index is 12.3. The molecular formula is C14H19N3O. The molecular weight excluding hydrogens is 226 g/mol. The van der Waals surface area contributed by atoms with Gasteiger partial charge in [0.2, 0.25) is 5.91 Å². The van der Waals surface area contributed by atoms with Crippen LogP contribution in [0, 0.1) is 5.92 Å².